The fraction of sp³-hybridized carbons (Fsp3) is 0.590. The van der Waals surface area contributed by atoms with E-state index in [1.54, 1.807) is 0 Å². The normalized spacial score (nSPS) is 19.7. The van der Waals surface area contributed by atoms with Gasteiger partial charge in [-0.25, -0.2) is 9.59 Å². The third-order valence-corrected chi connectivity index (χ3v) is 10.4. The van der Waals surface area contributed by atoms with E-state index in [9.17, 15) is 19.5 Å². The second kappa shape index (κ2) is 18.2. The van der Waals surface area contributed by atoms with Crippen LogP contribution in [0.1, 0.15) is 114 Å². The van der Waals surface area contributed by atoms with Crippen LogP contribution in [0.3, 0.4) is 0 Å². The molecule has 0 aliphatic heterocycles. The van der Waals surface area contributed by atoms with Crippen molar-refractivity contribution in [1.29, 1.82) is 0 Å². The summed E-state index contributed by atoms with van der Waals surface area (Å²) < 4.78 is 11.7. The number of benzene rings is 2. The van der Waals surface area contributed by atoms with Crippen molar-refractivity contribution in [2.24, 2.45) is 0 Å². The highest BCUT2D eigenvalue weighted by atomic mass is 16.6. The van der Waals surface area contributed by atoms with E-state index in [-0.39, 0.29) is 31.2 Å². The molecule has 0 bridgehead atoms. The smallest absolute Gasteiger partial charge is 0.409 e. The number of hydrogen-bond donors (Lipinski definition) is 3. The van der Waals surface area contributed by atoms with Crippen LogP contribution in [0.2, 0.25) is 0 Å². The predicted molar refractivity (Wildman–Crippen MR) is 185 cm³/mol. The zero-order valence-corrected chi connectivity index (χ0v) is 28.7. The van der Waals surface area contributed by atoms with E-state index in [2.05, 4.69) is 15.5 Å². The Kier molecular flexibility index (Phi) is 13.5. The van der Waals surface area contributed by atoms with Gasteiger partial charge in [0, 0.05) is 18.5 Å². The molecule has 0 heterocycles. The maximum Gasteiger partial charge on any atom is 0.409 e. The van der Waals surface area contributed by atoms with Crippen LogP contribution in [0.25, 0.3) is 0 Å². The number of carboxylic acids is 1. The number of nitrogens with one attached hydrogen (secondary N) is 2. The fourth-order valence-electron chi connectivity index (χ4n) is 7.97. The minimum atomic E-state index is -1.94. The maximum atomic E-state index is 15.0. The van der Waals surface area contributed by atoms with E-state index in [1.807, 2.05) is 60.7 Å². The number of carbonyl (C=O) groups is 4. The number of carbonyl (C=O) groups excluding carboxylic acids is 3. The Labute approximate surface area is 290 Å². The number of amides is 2. The molecule has 3 fully saturated rings. The molecule has 3 saturated carbocycles. The Morgan fingerprint density at radius 1 is 0.735 bits per heavy atom. The zero-order valence-electron chi connectivity index (χ0n) is 28.7. The molecule has 2 atom stereocenters. The molecular weight excluding hydrogens is 622 g/mol. The van der Waals surface area contributed by atoms with Crippen LogP contribution >= 0.6 is 0 Å². The van der Waals surface area contributed by atoms with Gasteiger partial charge in [0.15, 0.2) is 5.66 Å². The van der Waals surface area contributed by atoms with E-state index in [0.29, 0.717) is 0 Å². The molecule has 2 aromatic carbocycles. The molecule has 3 aliphatic carbocycles. The first kappa shape index (κ1) is 36.4. The fourth-order valence-corrected chi connectivity index (χ4v) is 7.97. The SMILES string of the molecule is O=C(C[C@@](NC(=O)OCc1ccccc1)(C(=O)N[C@@H](Cc1ccccc1)C(=O)O)N(C1CCCCC1)C1CCCCC1)OC1CCCCC1. The topological polar surface area (TPSA) is 134 Å². The molecule has 10 heteroatoms. The molecule has 2 amide bonds. The van der Waals surface area contributed by atoms with Crippen molar-refractivity contribution in [3.8, 4) is 0 Å². The van der Waals surface area contributed by atoms with Crippen molar-refractivity contribution in [1.82, 2.24) is 15.5 Å². The number of esters is 1. The van der Waals surface area contributed by atoms with Gasteiger partial charge in [-0.15, -0.1) is 0 Å². The average Bonchev–Trinajstić information content (AvgIpc) is 3.12. The standard InChI is InChI=1S/C39H53N3O7/c43-35(49-33-24-14-5-15-25-33)27-39(41-38(47)48-28-30-18-8-2-9-19-30,37(46)40-34(36(44)45)26-29-16-6-1-7-17-29)42(31-20-10-3-11-21-31)32-22-12-4-13-23-32/h1-2,6-9,16-19,31-34H,3-5,10-15,20-28H2,(H,40,46)(H,41,47)(H,44,45)/t34-,39-/m0/s1. The van der Waals surface area contributed by atoms with Crippen molar-refractivity contribution in [3.63, 3.8) is 0 Å². The molecule has 3 N–H and O–H groups in total. The Morgan fingerprint density at radius 2 is 1.24 bits per heavy atom. The molecule has 0 spiro atoms. The first-order chi connectivity index (χ1) is 23.8. The van der Waals surface area contributed by atoms with Gasteiger partial charge >= 0.3 is 18.0 Å². The Hall–Kier alpha value is -3.92. The van der Waals surface area contributed by atoms with E-state index in [0.717, 1.165) is 107 Å². The molecule has 0 radical (unpaired) electrons. The average molecular weight is 676 g/mol. The highest BCUT2D eigenvalue weighted by molar-refractivity contribution is 5.95. The molecule has 0 unspecified atom stereocenters. The van der Waals surface area contributed by atoms with E-state index in [1.165, 1.54) is 0 Å². The monoisotopic (exact) mass is 675 g/mol. The van der Waals surface area contributed by atoms with Gasteiger partial charge in [0.05, 0.1) is 6.42 Å². The Morgan fingerprint density at radius 3 is 1.78 bits per heavy atom. The highest BCUT2D eigenvalue weighted by Gasteiger charge is 2.54. The molecule has 0 saturated heterocycles. The summed E-state index contributed by atoms with van der Waals surface area (Å²) in [5, 5.41) is 16.1. The Balaban J connectivity index is 1.54. The third kappa shape index (κ3) is 10.3. The quantitative estimate of drug-likeness (QED) is 0.150. The van der Waals surface area contributed by atoms with Crippen LogP contribution in [0, 0.1) is 0 Å². The molecule has 266 valence electrons. The van der Waals surface area contributed by atoms with Gasteiger partial charge in [-0.05, 0) is 62.5 Å². The summed E-state index contributed by atoms with van der Waals surface area (Å²) >= 11 is 0. The first-order valence-corrected chi connectivity index (χ1v) is 18.4. The zero-order chi connectivity index (χ0) is 34.5. The van der Waals surface area contributed by atoms with Gasteiger partial charge in [-0.2, -0.15) is 0 Å². The maximum absolute atomic E-state index is 15.0. The van der Waals surface area contributed by atoms with Crippen molar-refractivity contribution < 1.29 is 33.8 Å². The third-order valence-electron chi connectivity index (χ3n) is 10.4. The number of ether oxygens (including phenoxy) is 2. The van der Waals surface area contributed by atoms with Crippen LogP contribution in [-0.4, -0.2) is 63.8 Å². The number of aliphatic carboxylic acids is 1. The molecule has 3 aliphatic rings. The van der Waals surface area contributed by atoms with Gasteiger partial charge < -0.3 is 19.9 Å². The molecule has 49 heavy (non-hydrogen) atoms. The number of carboxylic acid groups (broad SMARTS) is 1. The lowest BCUT2D eigenvalue weighted by atomic mass is 9.84. The summed E-state index contributed by atoms with van der Waals surface area (Å²) in [7, 11) is 0. The van der Waals surface area contributed by atoms with Crippen LogP contribution in [0.4, 0.5) is 4.79 Å². The lowest BCUT2D eigenvalue weighted by molar-refractivity contribution is -0.164. The van der Waals surface area contributed by atoms with Crippen molar-refractivity contribution in [2.75, 3.05) is 0 Å². The second-order valence-electron chi connectivity index (χ2n) is 14.0. The van der Waals surface area contributed by atoms with Crippen LogP contribution in [0.15, 0.2) is 60.7 Å². The van der Waals surface area contributed by atoms with Crippen molar-refractivity contribution >= 4 is 23.9 Å². The molecule has 2 aromatic rings. The lowest BCUT2D eigenvalue weighted by Crippen LogP contribution is -2.74. The van der Waals surface area contributed by atoms with E-state index in [4.69, 9.17) is 9.47 Å². The molecular formula is C39H53N3O7. The van der Waals surface area contributed by atoms with Crippen LogP contribution < -0.4 is 10.6 Å². The van der Waals surface area contributed by atoms with Crippen LogP contribution in [-0.2, 0) is 36.9 Å². The molecule has 10 nitrogen and oxygen atoms in total. The first-order valence-electron chi connectivity index (χ1n) is 18.4. The highest BCUT2D eigenvalue weighted by Crippen LogP contribution is 2.37. The predicted octanol–water partition coefficient (Wildman–Crippen LogP) is 6.65. The number of hydrogen-bond acceptors (Lipinski definition) is 7. The van der Waals surface area contributed by atoms with E-state index >= 15 is 4.79 Å². The number of alkyl carbamates (subject to hydrolysis) is 1. The minimum absolute atomic E-state index is 0.0322. The van der Waals surface area contributed by atoms with Gasteiger partial charge in [-0.3, -0.25) is 19.8 Å². The molecule has 0 aromatic heterocycles. The summed E-state index contributed by atoms with van der Waals surface area (Å²) in [5.41, 5.74) is -0.424. The summed E-state index contributed by atoms with van der Waals surface area (Å²) in [4.78, 5) is 57.7. The van der Waals surface area contributed by atoms with Crippen molar-refractivity contribution in [3.05, 3.63) is 71.8 Å². The summed E-state index contributed by atoms with van der Waals surface area (Å²) in [6.07, 6.45) is 12.2. The number of nitrogens with zero attached hydrogens (tertiary/aromatic N) is 1. The van der Waals surface area contributed by atoms with Gasteiger partial charge in [0.1, 0.15) is 18.8 Å². The molecule has 5 rings (SSSR count). The van der Waals surface area contributed by atoms with Gasteiger partial charge in [0.25, 0.3) is 5.91 Å². The van der Waals surface area contributed by atoms with E-state index < -0.39 is 42.1 Å². The van der Waals surface area contributed by atoms with Gasteiger partial charge in [-0.1, -0.05) is 106 Å². The number of rotatable bonds is 14. The summed E-state index contributed by atoms with van der Waals surface area (Å²) in [6.45, 7) is -0.0322. The minimum Gasteiger partial charge on any atom is -0.480 e. The summed E-state index contributed by atoms with van der Waals surface area (Å²) in [6, 6.07) is 16.9. The second-order valence-corrected chi connectivity index (χ2v) is 14.0. The van der Waals surface area contributed by atoms with Gasteiger partial charge in [0.2, 0.25) is 0 Å². The summed E-state index contributed by atoms with van der Waals surface area (Å²) in [5.74, 6) is -2.52. The largest absolute Gasteiger partial charge is 0.480 e. The lowest BCUT2D eigenvalue weighted by Gasteiger charge is -2.52. The Bertz CT molecular complexity index is 1340. The van der Waals surface area contributed by atoms with Crippen molar-refractivity contribution in [2.45, 2.75) is 146 Å². The van der Waals surface area contributed by atoms with Crippen LogP contribution in [0.5, 0.6) is 0 Å².